The molecule has 0 saturated carbocycles. The predicted octanol–water partition coefficient (Wildman–Crippen LogP) is 2.51. The number of nitrogens with zero attached hydrogens (tertiary/aromatic N) is 3. The van der Waals surface area contributed by atoms with E-state index < -0.39 is 11.9 Å². The summed E-state index contributed by atoms with van der Waals surface area (Å²) in [5.74, 6) is -0.484. The maximum absolute atomic E-state index is 12.9. The summed E-state index contributed by atoms with van der Waals surface area (Å²) in [7, 11) is 0. The Hall–Kier alpha value is -1.83. The zero-order chi connectivity index (χ0) is 22.3. The number of likely N-dealkylation sites (N-methyl/N-ethyl adjacent to an activating group) is 1. The maximum Gasteiger partial charge on any atom is 0.253 e. The molecule has 3 amide bonds. The van der Waals surface area contributed by atoms with E-state index in [2.05, 4.69) is 10.2 Å². The van der Waals surface area contributed by atoms with Crippen LogP contribution in [0.4, 0.5) is 0 Å². The first-order chi connectivity index (χ1) is 14.3. The number of rotatable bonds is 7. The standard InChI is InChI=1S/C21H30Cl2N4O3/c1-4-26(5-2)18(28)14-25-10-7-11-27(13-12-25)21(30)15(3)24-20(29)16-8-6-9-17(22)19(16)23/h6,8-9,15H,4-5,7,10-14H2,1-3H3,(H,24,29). The molecule has 7 nitrogen and oxygen atoms in total. The Morgan fingerprint density at radius 2 is 1.80 bits per heavy atom. The quantitative estimate of drug-likeness (QED) is 0.683. The van der Waals surface area contributed by atoms with Crippen LogP contribution in [0.25, 0.3) is 0 Å². The third kappa shape index (κ3) is 6.33. The molecule has 1 aliphatic heterocycles. The lowest BCUT2D eigenvalue weighted by Gasteiger charge is -2.26. The first-order valence-electron chi connectivity index (χ1n) is 10.3. The fourth-order valence-electron chi connectivity index (χ4n) is 3.51. The summed E-state index contributed by atoms with van der Waals surface area (Å²) in [6, 6.07) is 4.11. The molecule has 1 aromatic rings. The summed E-state index contributed by atoms with van der Waals surface area (Å²) in [5, 5.41) is 3.16. The lowest BCUT2D eigenvalue weighted by Crippen LogP contribution is -2.48. The van der Waals surface area contributed by atoms with E-state index in [9.17, 15) is 14.4 Å². The molecule has 1 saturated heterocycles. The number of hydrogen-bond donors (Lipinski definition) is 1. The molecule has 1 unspecified atom stereocenters. The molecule has 9 heteroatoms. The van der Waals surface area contributed by atoms with Crippen molar-refractivity contribution in [2.24, 2.45) is 0 Å². The van der Waals surface area contributed by atoms with Crippen molar-refractivity contribution in [2.75, 3.05) is 45.8 Å². The van der Waals surface area contributed by atoms with Crippen molar-refractivity contribution < 1.29 is 14.4 Å². The van der Waals surface area contributed by atoms with Gasteiger partial charge in [-0.2, -0.15) is 0 Å². The van der Waals surface area contributed by atoms with Gasteiger partial charge in [-0.1, -0.05) is 29.3 Å². The van der Waals surface area contributed by atoms with Gasteiger partial charge in [0, 0.05) is 39.3 Å². The van der Waals surface area contributed by atoms with E-state index in [1.807, 2.05) is 18.7 Å². The second-order valence-corrected chi connectivity index (χ2v) is 8.10. The lowest BCUT2D eigenvalue weighted by atomic mass is 10.2. The molecule has 166 valence electrons. The van der Waals surface area contributed by atoms with E-state index in [4.69, 9.17) is 23.2 Å². The van der Waals surface area contributed by atoms with Gasteiger partial charge >= 0.3 is 0 Å². The number of hydrogen-bond acceptors (Lipinski definition) is 4. The van der Waals surface area contributed by atoms with Gasteiger partial charge in [0.1, 0.15) is 6.04 Å². The van der Waals surface area contributed by atoms with E-state index in [1.165, 1.54) is 0 Å². The molecular weight excluding hydrogens is 427 g/mol. The van der Waals surface area contributed by atoms with E-state index in [0.717, 1.165) is 13.0 Å². The molecule has 30 heavy (non-hydrogen) atoms. The van der Waals surface area contributed by atoms with Crippen LogP contribution in [0.3, 0.4) is 0 Å². The number of halogens is 2. The van der Waals surface area contributed by atoms with Gasteiger partial charge in [0.05, 0.1) is 22.2 Å². The molecule has 2 rings (SSSR count). The fraction of sp³-hybridized carbons (Fsp3) is 0.571. The minimum Gasteiger partial charge on any atom is -0.342 e. The van der Waals surface area contributed by atoms with Gasteiger partial charge in [0.15, 0.2) is 0 Å². The number of nitrogens with one attached hydrogen (secondary N) is 1. The zero-order valence-corrected chi connectivity index (χ0v) is 19.3. The van der Waals surface area contributed by atoms with Crippen LogP contribution in [0, 0.1) is 0 Å². The molecule has 1 N–H and O–H groups in total. The van der Waals surface area contributed by atoms with Crippen LogP contribution in [0.5, 0.6) is 0 Å². The number of benzene rings is 1. The highest BCUT2D eigenvalue weighted by Gasteiger charge is 2.26. The van der Waals surface area contributed by atoms with E-state index in [1.54, 1.807) is 30.0 Å². The van der Waals surface area contributed by atoms with Crippen LogP contribution in [-0.2, 0) is 9.59 Å². The largest absolute Gasteiger partial charge is 0.342 e. The molecule has 1 aromatic carbocycles. The Morgan fingerprint density at radius 3 is 2.47 bits per heavy atom. The summed E-state index contributed by atoms with van der Waals surface area (Å²) in [6.07, 6.45) is 0.776. The van der Waals surface area contributed by atoms with Crippen LogP contribution < -0.4 is 5.32 Å². The normalized spacial score (nSPS) is 16.0. The van der Waals surface area contributed by atoms with Crippen molar-refractivity contribution in [3.8, 4) is 0 Å². The molecule has 1 aliphatic rings. The van der Waals surface area contributed by atoms with Crippen LogP contribution in [0.1, 0.15) is 37.6 Å². The van der Waals surface area contributed by atoms with E-state index >= 15 is 0 Å². The summed E-state index contributed by atoms with van der Waals surface area (Å²) >= 11 is 12.1. The monoisotopic (exact) mass is 456 g/mol. The number of amides is 3. The second kappa shape index (κ2) is 11.5. The van der Waals surface area contributed by atoms with Crippen molar-refractivity contribution in [1.29, 1.82) is 0 Å². The fourth-order valence-corrected chi connectivity index (χ4v) is 3.89. The Labute approximate surface area is 188 Å². The van der Waals surface area contributed by atoms with Crippen LogP contribution in [0.2, 0.25) is 10.0 Å². The second-order valence-electron chi connectivity index (χ2n) is 7.32. The smallest absolute Gasteiger partial charge is 0.253 e. The van der Waals surface area contributed by atoms with Gasteiger partial charge in [-0.3, -0.25) is 19.3 Å². The Balaban J connectivity index is 1.91. The van der Waals surface area contributed by atoms with Gasteiger partial charge < -0.3 is 15.1 Å². The molecule has 0 radical (unpaired) electrons. The molecular formula is C21H30Cl2N4O3. The zero-order valence-electron chi connectivity index (χ0n) is 17.8. The van der Waals surface area contributed by atoms with Crippen LogP contribution >= 0.6 is 23.2 Å². The van der Waals surface area contributed by atoms with Gasteiger partial charge in [-0.15, -0.1) is 0 Å². The minimum atomic E-state index is -0.698. The first-order valence-corrected chi connectivity index (χ1v) is 11.1. The molecule has 0 aliphatic carbocycles. The van der Waals surface area contributed by atoms with Crippen molar-refractivity contribution in [3.05, 3.63) is 33.8 Å². The Bertz CT molecular complexity index is 771. The van der Waals surface area contributed by atoms with Gasteiger partial charge in [0.2, 0.25) is 11.8 Å². The van der Waals surface area contributed by atoms with Crippen molar-refractivity contribution in [1.82, 2.24) is 20.0 Å². The third-order valence-electron chi connectivity index (χ3n) is 5.29. The predicted molar refractivity (Wildman–Crippen MR) is 119 cm³/mol. The molecule has 0 bridgehead atoms. The average Bonchev–Trinajstić information content (AvgIpc) is 2.95. The van der Waals surface area contributed by atoms with Crippen molar-refractivity contribution >= 4 is 40.9 Å². The highest BCUT2D eigenvalue weighted by Crippen LogP contribution is 2.25. The highest BCUT2D eigenvalue weighted by molar-refractivity contribution is 6.43. The van der Waals surface area contributed by atoms with Crippen LogP contribution in [0.15, 0.2) is 18.2 Å². The minimum absolute atomic E-state index is 0.110. The molecule has 1 heterocycles. The topological polar surface area (TPSA) is 73.0 Å². The molecule has 1 fully saturated rings. The molecule has 0 aromatic heterocycles. The summed E-state index contributed by atoms with van der Waals surface area (Å²) in [4.78, 5) is 43.4. The number of carbonyl (C=O) groups is 3. The SMILES string of the molecule is CCN(CC)C(=O)CN1CCCN(C(=O)C(C)NC(=O)c2cccc(Cl)c2Cl)CC1. The Morgan fingerprint density at radius 1 is 1.10 bits per heavy atom. The lowest BCUT2D eigenvalue weighted by molar-refractivity contribution is -0.132. The van der Waals surface area contributed by atoms with Gasteiger partial charge in [0.25, 0.3) is 5.91 Å². The van der Waals surface area contributed by atoms with Crippen molar-refractivity contribution in [2.45, 2.75) is 33.2 Å². The van der Waals surface area contributed by atoms with E-state index in [0.29, 0.717) is 39.3 Å². The van der Waals surface area contributed by atoms with Crippen LogP contribution in [-0.4, -0.2) is 84.3 Å². The summed E-state index contributed by atoms with van der Waals surface area (Å²) < 4.78 is 0. The first kappa shape index (κ1) is 24.4. The van der Waals surface area contributed by atoms with Crippen molar-refractivity contribution in [3.63, 3.8) is 0 Å². The Kier molecular flexibility index (Phi) is 9.39. The van der Waals surface area contributed by atoms with Gasteiger partial charge in [-0.25, -0.2) is 0 Å². The third-order valence-corrected chi connectivity index (χ3v) is 6.11. The summed E-state index contributed by atoms with van der Waals surface area (Å²) in [6.45, 7) is 9.84. The molecule has 1 atom stereocenters. The summed E-state index contributed by atoms with van der Waals surface area (Å²) in [5.41, 5.74) is 0.237. The average molecular weight is 457 g/mol. The maximum atomic E-state index is 12.9. The number of carbonyl (C=O) groups excluding carboxylic acids is 3. The van der Waals surface area contributed by atoms with Gasteiger partial charge in [-0.05, 0) is 39.3 Å². The van der Waals surface area contributed by atoms with E-state index in [-0.39, 0.29) is 27.4 Å². The molecule has 0 spiro atoms. The highest BCUT2D eigenvalue weighted by atomic mass is 35.5.